The maximum Gasteiger partial charge on any atom is 0.271 e. The van der Waals surface area contributed by atoms with Crippen LogP contribution in [0, 0.1) is 6.92 Å². The zero-order valence-corrected chi connectivity index (χ0v) is 17.6. The molecule has 1 fully saturated rings. The number of nitrogens with zero attached hydrogens (tertiary/aromatic N) is 2. The molecular formula is C22H31N3O4. The normalized spacial score (nSPS) is 23.3. The monoisotopic (exact) mass is 401 g/mol. The molecule has 1 aliphatic carbocycles. The van der Waals surface area contributed by atoms with E-state index in [2.05, 4.69) is 5.32 Å². The van der Waals surface area contributed by atoms with Crippen LogP contribution in [0.3, 0.4) is 0 Å². The van der Waals surface area contributed by atoms with Crippen LogP contribution >= 0.6 is 0 Å². The second-order valence-corrected chi connectivity index (χ2v) is 8.61. The van der Waals surface area contributed by atoms with Crippen molar-refractivity contribution < 1.29 is 18.7 Å². The molecule has 2 aliphatic rings. The molecule has 1 aliphatic heterocycles. The molecule has 0 bridgehead atoms. The molecule has 29 heavy (non-hydrogen) atoms. The van der Waals surface area contributed by atoms with Crippen LogP contribution in [0.15, 0.2) is 16.5 Å². The molecule has 1 N–H and O–H groups in total. The number of amides is 2. The number of rotatable bonds is 5. The topological polar surface area (TPSA) is 76.7 Å². The first-order valence-corrected chi connectivity index (χ1v) is 10.7. The van der Waals surface area contributed by atoms with E-state index in [0.717, 1.165) is 37.0 Å². The van der Waals surface area contributed by atoms with Crippen molar-refractivity contribution in [1.82, 2.24) is 14.8 Å². The van der Waals surface area contributed by atoms with Gasteiger partial charge in [-0.15, -0.1) is 0 Å². The first kappa shape index (κ1) is 20.0. The van der Waals surface area contributed by atoms with Gasteiger partial charge in [0.2, 0.25) is 5.91 Å². The largest absolute Gasteiger partial charge is 0.460 e. The number of aryl methyl sites for hydroxylation is 1. The number of carbonyl (C=O) groups excluding carboxylic acids is 2. The van der Waals surface area contributed by atoms with E-state index in [1.807, 2.05) is 24.5 Å². The zero-order valence-electron chi connectivity index (χ0n) is 17.6. The summed E-state index contributed by atoms with van der Waals surface area (Å²) in [5.41, 5.74) is 1.14. The fourth-order valence-corrected chi connectivity index (χ4v) is 4.76. The van der Waals surface area contributed by atoms with Crippen LogP contribution in [0.4, 0.5) is 0 Å². The number of hydrogen-bond donors (Lipinski definition) is 1. The highest BCUT2D eigenvalue weighted by Gasteiger charge is 2.48. The van der Waals surface area contributed by atoms with E-state index < -0.39 is 5.54 Å². The van der Waals surface area contributed by atoms with Gasteiger partial charge in [-0.3, -0.25) is 9.59 Å². The number of aromatic nitrogens is 1. The third-order valence-corrected chi connectivity index (χ3v) is 6.44. The van der Waals surface area contributed by atoms with Crippen molar-refractivity contribution in [3.8, 4) is 0 Å². The lowest BCUT2D eigenvalue weighted by Crippen LogP contribution is -2.65. The van der Waals surface area contributed by atoms with Crippen LogP contribution in [0.1, 0.15) is 61.7 Å². The molecule has 7 nitrogen and oxygen atoms in total. The molecular weight excluding hydrogens is 370 g/mol. The van der Waals surface area contributed by atoms with Gasteiger partial charge >= 0.3 is 0 Å². The first-order chi connectivity index (χ1) is 13.9. The predicted octanol–water partition coefficient (Wildman–Crippen LogP) is 3.24. The number of ether oxygens (including phenoxy) is 1. The molecule has 7 heteroatoms. The Bertz CT molecular complexity index is 907. The maximum atomic E-state index is 13.5. The van der Waals surface area contributed by atoms with Gasteiger partial charge in [-0.25, -0.2) is 0 Å². The van der Waals surface area contributed by atoms with Crippen molar-refractivity contribution in [3.63, 3.8) is 0 Å². The standard InChI is InChI=1S/C22H31N3O4/c1-15-12-17-19(29-15)13-18-20(26)25(10-11-28-3)22(2,14-24(17)18)21(27)23-16-8-6-4-5-7-9-16/h12-13,16H,4-11,14H2,1-3H3,(H,23,27). The molecule has 2 aromatic heterocycles. The third kappa shape index (κ3) is 3.56. The molecule has 1 saturated carbocycles. The van der Waals surface area contributed by atoms with E-state index >= 15 is 0 Å². The highest BCUT2D eigenvalue weighted by Crippen LogP contribution is 2.34. The SMILES string of the molecule is COCCN1C(=O)c2cc3oc(C)cc3n2CC1(C)C(=O)NC1CCCCCC1. The summed E-state index contributed by atoms with van der Waals surface area (Å²) in [6, 6.07) is 3.90. The summed E-state index contributed by atoms with van der Waals surface area (Å²) < 4.78 is 12.9. The fraction of sp³-hybridized carbons (Fsp3) is 0.636. The molecule has 2 aromatic rings. The first-order valence-electron chi connectivity index (χ1n) is 10.7. The number of fused-ring (bicyclic) bond motifs is 3. The van der Waals surface area contributed by atoms with Gasteiger partial charge in [-0.2, -0.15) is 0 Å². The second kappa shape index (κ2) is 7.86. The molecule has 0 saturated heterocycles. The minimum Gasteiger partial charge on any atom is -0.460 e. The molecule has 0 radical (unpaired) electrons. The highest BCUT2D eigenvalue weighted by molar-refractivity contribution is 6.03. The molecule has 2 amide bonds. The van der Waals surface area contributed by atoms with Gasteiger partial charge < -0.3 is 23.9 Å². The van der Waals surface area contributed by atoms with Crippen LogP contribution in [-0.4, -0.2) is 53.1 Å². The van der Waals surface area contributed by atoms with Crippen LogP contribution < -0.4 is 5.32 Å². The molecule has 0 spiro atoms. The van der Waals surface area contributed by atoms with E-state index in [1.165, 1.54) is 12.8 Å². The van der Waals surface area contributed by atoms with Crippen molar-refractivity contribution >= 4 is 22.9 Å². The minimum atomic E-state index is -0.980. The van der Waals surface area contributed by atoms with E-state index in [9.17, 15) is 9.59 Å². The Hall–Kier alpha value is -2.28. The summed E-state index contributed by atoms with van der Waals surface area (Å²) >= 11 is 0. The van der Waals surface area contributed by atoms with Gasteiger partial charge in [0, 0.05) is 31.8 Å². The number of furan rings is 1. The maximum absolute atomic E-state index is 13.5. The lowest BCUT2D eigenvalue weighted by molar-refractivity contribution is -0.134. The van der Waals surface area contributed by atoms with Gasteiger partial charge in [0.15, 0.2) is 5.58 Å². The molecule has 3 heterocycles. The molecule has 158 valence electrons. The summed E-state index contributed by atoms with van der Waals surface area (Å²) in [5, 5.41) is 3.26. The third-order valence-electron chi connectivity index (χ3n) is 6.44. The van der Waals surface area contributed by atoms with Gasteiger partial charge in [0.25, 0.3) is 5.91 Å². The Morgan fingerprint density at radius 1 is 1.28 bits per heavy atom. The average Bonchev–Trinajstić information content (AvgIpc) is 3.07. The van der Waals surface area contributed by atoms with Crippen LogP contribution in [0.2, 0.25) is 0 Å². The lowest BCUT2D eigenvalue weighted by Gasteiger charge is -2.44. The molecule has 1 atom stereocenters. The van der Waals surface area contributed by atoms with E-state index in [1.54, 1.807) is 18.1 Å². The highest BCUT2D eigenvalue weighted by atomic mass is 16.5. The van der Waals surface area contributed by atoms with E-state index in [-0.39, 0.29) is 17.9 Å². The summed E-state index contributed by atoms with van der Waals surface area (Å²) in [5.74, 6) is 0.557. The second-order valence-electron chi connectivity index (χ2n) is 8.61. The number of methoxy groups -OCH3 is 1. The van der Waals surface area contributed by atoms with Crippen LogP contribution in [0.5, 0.6) is 0 Å². The lowest BCUT2D eigenvalue weighted by atomic mass is 9.93. The van der Waals surface area contributed by atoms with Crippen molar-refractivity contribution in [2.24, 2.45) is 0 Å². The number of carbonyl (C=O) groups is 2. The Morgan fingerprint density at radius 3 is 2.69 bits per heavy atom. The summed E-state index contributed by atoms with van der Waals surface area (Å²) in [4.78, 5) is 28.6. The summed E-state index contributed by atoms with van der Waals surface area (Å²) in [6.07, 6.45) is 6.76. The van der Waals surface area contributed by atoms with Gasteiger partial charge in [-0.05, 0) is 26.7 Å². The summed E-state index contributed by atoms with van der Waals surface area (Å²) in [6.45, 7) is 4.91. The zero-order chi connectivity index (χ0) is 20.6. The van der Waals surface area contributed by atoms with Crippen molar-refractivity contribution in [2.75, 3.05) is 20.3 Å². The van der Waals surface area contributed by atoms with Crippen molar-refractivity contribution in [3.05, 3.63) is 23.6 Å². The van der Waals surface area contributed by atoms with Crippen molar-refractivity contribution in [1.29, 1.82) is 0 Å². The van der Waals surface area contributed by atoms with Crippen LogP contribution in [-0.2, 0) is 16.1 Å². The fourth-order valence-electron chi connectivity index (χ4n) is 4.76. The quantitative estimate of drug-likeness (QED) is 0.781. The Kier molecular flexibility index (Phi) is 5.42. The molecule has 4 rings (SSSR count). The van der Waals surface area contributed by atoms with Gasteiger partial charge in [0.1, 0.15) is 17.0 Å². The molecule has 0 aromatic carbocycles. The Labute approximate surface area is 171 Å². The molecule has 1 unspecified atom stereocenters. The smallest absolute Gasteiger partial charge is 0.271 e. The van der Waals surface area contributed by atoms with Gasteiger partial charge in [0.05, 0.1) is 18.7 Å². The Morgan fingerprint density at radius 2 is 2.00 bits per heavy atom. The Balaban J connectivity index is 1.67. The van der Waals surface area contributed by atoms with E-state index in [0.29, 0.717) is 31.0 Å². The van der Waals surface area contributed by atoms with E-state index in [4.69, 9.17) is 9.15 Å². The minimum absolute atomic E-state index is 0.0819. The van der Waals surface area contributed by atoms with Crippen LogP contribution in [0.25, 0.3) is 11.1 Å². The summed E-state index contributed by atoms with van der Waals surface area (Å²) in [7, 11) is 1.61. The number of hydrogen-bond acceptors (Lipinski definition) is 4. The van der Waals surface area contributed by atoms with Crippen molar-refractivity contribution in [2.45, 2.75) is 70.5 Å². The number of nitrogens with one attached hydrogen (secondary N) is 1. The predicted molar refractivity (Wildman–Crippen MR) is 110 cm³/mol. The average molecular weight is 402 g/mol. The van der Waals surface area contributed by atoms with Gasteiger partial charge in [-0.1, -0.05) is 25.7 Å².